The van der Waals surface area contributed by atoms with E-state index in [2.05, 4.69) is 17.4 Å². The number of nitrogens with one attached hydrogen (secondary N) is 1. The highest BCUT2D eigenvalue weighted by Crippen LogP contribution is 2.34. The maximum absolute atomic E-state index is 12.3. The molecule has 3 rings (SSSR count). The van der Waals surface area contributed by atoms with Gasteiger partial charge in [-0.2, -0.15) is 0 Å². The number of benzene rings is 1. The third-order valence-electron chi connectivity index (χ3n) is 4.16. The summed E-state index contributed by atoms with van der Waals surface area (Å²) in [4.78, 5) is 18.3. The van der Waals surface area contributed by atoms with E-state index in [1.165, 1.54) is 10.6 Å². The van der Waals surface area contributed by atoms with Gasteiger partial charge >= 0.3 is 0 Å². The maximum atomic E-state index is 12.3. The Labute approximate surface area is 140 Å². The minimum absolute atomic E-state index is 0.0779. The average molecular weight is 330 g/mol. The van der Waals surface area contributed by atoms with Crippen LogP contribution in [0.4, 0.5) is 0 Å². The van der Waals surface area contributed by atoms with E-state index in [1.54, 1.807) is 18.4 Å². The number of carbonyl (C=O) groups excluding carboxylic acids is 1. The second kappa shape index (κ2) is 7.70. The number of thiazole rings is 1. The molecule has 23 heavy (non-hydrogen) atoms. The Hall–Kier alpha value is -1.72. The van der Waals surface area contributed by atoms with Crippen LogP contribution in [0.1, 0.15) is 23.4 Å². The molecule has 1 unspecified atom stereocenters. The van der Waals surface area contributed by atoms with Gasteiger partial charge in [0.25, 0.3) is 0 Å². The molecule has 0 radical (unpaired) electrons. The van der Waals surface area contributed by atoms with E-state index in [1.807, 2.05) is 18.2 Å². The van der Waals surface area contributed by atoms with Crippen LogP contribution in [0.25, 0.3) is 10.6 Å². The molecular formula is C18H22N2O2S. The van der Waals surface area contributed by atoms with Crippen molar-refractivity contribution in [1.29, 1.82) is 0 Å². The van der Waals surface area contributed by atoms with Crippen LogP contribution in [-0.4, -0.2) is 31.2 Å². The van der Waals surface area contributed by atoms with E-state index >= 15 is 0 Å². The van der Waals surface area contributed by atoms with Crippen LogP contribution >= 0.6 is 11.3 Å². The zero-order valence-electron chi connectivity index (χ0n) is 13.4. The zero-order valence-corrected chi connectivity index (χ0v) is 14.2. The topological polar surface area (TPSA) is 51.2 Å². The van der Waals surface area contributed by atoms with Gasteiger partial charge in [0, 0.05) is 36.6 Å². The van der Waals surface area contributed by atoms with Gasteiger partial charge in [0.15, 0.2) is 0 Å². The van der Waals surface area contributed by atoms with Gasteiger partial charge in [0.05, 0.1) is 5.69 Å². The van der Waals surface area contributed by atoms with Crippen LogP contribution < -0.4 is 5.32 Å². The van der Waals surface area contributed by atoms with Crippen LogP contribution in [0.2, 0.25) is 0 Å². The van der Waals surface area contributed by atoms with Crippen molar-refractivity contribution in [2.75, 3.05) is 20.3 Å². The molecule has 0 saturated carbocycles. The number of fused-ring (bicyclic) bond motifs is 1. The third-order valence-corrected chi connectivity index (χ3v) is 5.32. The van der Waals surface area contributed by atoms with E-state index in [-0.39, 0.29) is 11.8 Å². The summed E-state index contributed by atoms with van der Waals surface area (Å²) in [5.74, 6) is 0.246. The number of rotatable bonds is 6. The molecule has 1 aromatic carbocycles. The fourth-order valence-electron chi connectivity index (χ4n) is 2.88. The molecule has 1 amide bonds. The Morgan fingerprint density at radius 3 is 3.00 bits per heavy atom. The average Bonchev–Trinajstić information content (AvgIpc) is 3.02. The Morgan fingerprint density at radius 1 is 1.39 bits per heavy atom. The molecule has 1 atom stereocenters. The van der Waals surface area contributed by atoms with E-state index in [9.17, 15) is 4.79 Å². The Morgan fingerprint density at radius 2 is 2.22 bits per heavy atom. The van der Waals surface area contributed by atoms with Crippen LogP contribution in [0, 0.1) is 5.92 Å². The summed E-state index contributed by atoms with van der Waals surface area (Å²) in [6.45, 7) is 1.37. The monoisotopic (exact) mass is 330 g/mol. The summed E-state index contributed by atoms with van der Waals surface area (Å²) in [5.41, 5.74) is 2.34. The molecular weight excluding hydrogens is 308 g/mol. The third kappa shape index (κ3) is 3.98. The molecule has 0 fully saturated rings. The SMILES string of the molecule is COCCCNC(=O)C1CCc2nc(-c3ccccc3)sc2C1. The quantitative estimate of drug-likeness (QED) is 0.828. The number of nitrogens with zero attached hydrogens (tertiary/aromatic N) is 1. The molecule has 1 aliphatic rings. The second-order valence-corrected chi connectivity index (χ2v) is 6.92. The molecule has 1 N–H and O–H groups in total. The number of hydrogen-bond donors (Lipinski definition) is 1. The molecule has 0 bridgehead atoms. The minimum Gasteiger partial charge on any atom is -0.385 e. The van der Waals surface area contributed by atoms with Crippen molar-refractivity contribution < 1.29 is 9.53 Å². The van der Waals surface area contributed by atoms with Gasteiger partial charge in [-0.15, -0.1) is 11.3 Å². The number of carbonyl (C=O) groups is 1. The summed E-state index contributed by atoms with van der Waals surface area (Å²) in [5, 5.41) is 4.09. The number of amides is 1. The number of aromatic nitrogens is 1. The van der Waals surface area contributed by atoms with Crippen LogP contribution in [0.15, 0.2) is 30.3 Å². The van der Waals surface area contributed by atoms with Crippen LogP contribution in [-0.2, 0) is 22.4 Å². The van der Waals surface area contributed by atoms with Crippen LogP contribution in [0.5, 0.6) is 0 Å². The van der Waals surface area contributed by atoms with Crippen molar-refractivity contribution >= 4 is 17.2 Å². The van der Waals surface area contributed by atoms with Crippen molar-refractivity contribution in [3.05, 3.63) is 40.9 Å². The van der Waals surface area contributed by atoms with Crippen molar-refractivity contribution in [3.8, 4) is 10.6 Å². The summed E-state index contributed by atoms with van der Waals surface area (Å²) < 4.78 is 5.00. The lowest BCUT2D eigenvalue weighted by molar-refractivity contribution is -0.125. The van der Waals surface area contributed by atoms with Crippen molar-refractivity contribution in [1.82, 2.24) is 10.3 Å². The van der Waals surface area contributed by atoms with Gasteiger partial charge in [-0.3, -0.25) is 4.79 Å². The molecule has 2 aromatic rings. The number of methoxy groups -OCH3 is 1. The van der Waals surface area contributed by atoms with Gasteiger partial charge < -0.3 is 10.1 Å². The van der Waals surface area contributed by atoms with Gasteiger partial charge in [-0.25, -0.2) is 4.98 Å². The van der Waals surface area contributed by atoms with E-state index in [0.29, 0.717) is 13.2 Å². The number of aryl methyl sites for hydroxylation is 1. The van der Waals surface area contributed by atoms with Gasteiger partial charge in [0.1, 0.15) is 5.01 Å². The second-order valence-electron chi connectivity index (χ2n) is 5.83. The van der Waals surface area contributed by atoms with E-state index in [0.717, 1.165) is 36.3 Å². The molecule has 5 heteroatoms. The Balaban J connectivity index is 1.62. The predicted octanol–water partition coefficient (Wildman–Crippen LogP) is 3.07. The highest BCUT2D eigenvalue weighted by Gasteiger charge is 2.27. The molecule has 122 valence electrons. The van der Waals surface area contributed by atoms with Crippen molar-refractivity contribution in [2.45, 2.75) is 25.7 Å². The van der Waals surface area contributed by atoms with Gasteiger partial charge in [-0.05, 0) is 25.7 Å². The van der Waals surface area contributed by atoms with Gasteiger partial charge in [0.2, 0.25) is 5.91 Å². The fraction of sp³-hybridized carbons (Fsp3) is 0.444. The summed E-state index contributed by atoms with van der Waals surface area (Å²) >= 11 is 1.73. The predicted molar refractivity (Wildman–Crippen MR) is 92.6 cm³/mol. The fourth-order valence-corrected chi connectivity index (χ4v) is 4.07. The van der Waals surface area contributed by atoms with Gasteiger partial charge in [-0.1, -0.05) is 30.3 Å². The first kappa shape index (κ1) is 16.1. The highest BCUT2D eigenvalue weighted by molar-refractivity contribution is 7.15. The van der Waals surface area contributed by atoms with E-state index in [4.69, 9.17) is 9.72 Å². The molecule has 0 saturated heterocycles. The zero-order chi connectivity index (χ0) is 16.1. The number of ether oxygens (including phenoxy) is 1. The van der Waals surface area contributed by atoms with Crippen molar-refractivity contribution in [3.63, 3.8) is 0 Å². The Kier molecular flexibility index (Phi) is 5.41. The van der Waals surface area contributed by atoms with Crippen LogP contribution in [0.3, 0.4) is 0 Å². The normalized spacial score (nSPS) is 16.8. The molecule has 1 heterocycles. The minimum atomic E-state index is 0.0779. The summed E-state index contributed by atoms with van der Waals surface area (Å²) in [6, 6.07) is 10.3. The first-order valence-electron chi connectivity index (χ1n) is 8.08. The molecule has 1 aromatic heterocycles. The first-order chi connectivity index (χ1) is 11.3. The maximum Gasteiger partial charge on any atom is 0.223 e. The van der Waals surface area contributed by atoms with E-state index < -0.39 is 0 Å². The number of hydrogen-bond acceptors (Lipinski definition) is 4. The molecule has 1 aliphatic carbocycles. The summed E-state index contributed by atoms with van der Waals surface area (Å²) in [6.07, 6.45) is 3.46. The lowest BCUT2D eigenvalue weighted by Gasteiger charge is -2.20. The molecule has 0 aliphatic heterocycles. The highest BCUT2D eigenvalue weighted by atomic mass is 32.1. The first-order valence-corrected chi connectivity index (χ1v) is 8.90. The smallest absolute Gasteiger partial charge is 0.223 e. The standard InChI is InChI=1S/C18H22N2O2S/c1-22-11-5-10-19-17(21)14-8-9-15-16(12-14)23-18(20-15)13-6-3-2-4-7-13/h2-4,6-7,14H,5,8-12H2,1H3,(H,19,21). The van der Waals surface area contributed by atoms with Crippen molar-refractivity contribution in [2.24, 2.45) is 5.92 Å². The lowest BCUT2D eigenvalue weighted by atomic mass is 9.90. The Bertz CT molecular complexity index is 654. The molecule has 4 nitrogen and oxygen atoms in total. The summed E-state index contributed by atoms with van der Waals surface area (Å²) in [7, 11) is 1.68. The largest absolute Gasteiger partial charge is 0.385 e. The molecule has 0 spiro atoms. The lowest BCUT2D eigenvalue weighted by Crippen LogP contribution is -2.34.